The normalized spacial score (nSPS) is 35.8. The van der Waals surface area contributed by atoms with Gasteiger partial charge < -0.3 is 10.1 Å². The molecule has 0 aromatic heterocycles. The van der Waals surface area contributed by atoms with Crippen LogP contribution in [-0.4, -0.2) is 32.5 Å². The van der Waals surface area contributed by atoms with E-state index in [1.807, 2.05) is 0 Å². The van der Waals surface area contributed by atoms with Crippen LogP contribution in [-0.2, 0) is 4.74 Å². The third kappa shape index (κ3) is 2.39. The summed E-state index contributed by atoms with van der Waals surface area (Å²) < 4.78 is 40.2. The number of alkyl halides is 3. The Bertz CT molecular complexity index is 197. The van der Waals surface area contributed by atoms with E-state index in [0.717, 1.165) is 13.1 Å². The number of fused-ring (bicyclic) bond motifs is 1. The second-order valence-corrected chi connectivity index (χ2v) is 4.09. The summed E-state index contributed by atoms with van der Waals surface area (Å²) in [7, 11) is 0. The molecule has 0 bridgehead atoms. The lowest BCUT2D eigenvalue weighted by Crippen LogP contribution is -2.18. The molecule has 1 saturated carbocycles. The fourth-order valence-electron chi connectivity index (χ4n) is 2.20. The minimum atomic E-state index is -4.08. The second-order valence-electron chi connectivity index (χ2n) is 4.09. The van der Waals surface area contributed by atoms with Crippen LogP contribution in [0.2, 0.25) is 0 Å². The molecular formula is C9H14F3NO. The standard InChI is InChI=1S/C9H14F3NO/c10-9(11,12)1-2-14-5-8-6-3-13-4-7(6)8/h6-8,13H,1-5H2/t6-,7+,8?. The third-order valence-corrected chi connectivity index (χ3v) is 3.11. The summed E-state index contributed by atoms with van der Waals surface area (Å²) in [5.74, 6) is 1.85. The maximum Gasteiger partial charge on any atom is 0.391 e. The largest absolute Gasteiger partial charge is 0.391 e. The van der Waals surface area contributed by atoms with E-state index in [4.69, 9.17) is 4.74 Å². The zero-order valence-corrected chi connectivity index (χ0v) is 7.81. The Morgan fingerprint density at radius 2 is 1.86 bits per heavy atom. The molecule has 1 saturated heterocycles. The molecule has 3 atom stereocenters. The van der Waals surface area contributed by atoms with Crippen molar-refractivity contribution in [3.63, 3.8) is 0 Å². The predicted octanol–water partition coefficient (Wildman–Crippen LogP) is 1.42. The smallest absolute Gasteiger partial charge is 0.381 e. The van der Waals surface area contributed by atoms with Gasteiger partial charge in [0.15, 0.2) is 0 Å². The van der Waals surface area contributed by atoms with Crippen LogP contribution in [0.25, 0.3) is 0 Å². The van der Waals surface area contributed by atoms with Gasteiger partial charge in [-0.15, -0.1) is 0 Å². The molecule has 0 aromatic rings. The van der Waals surface area contributed by atoms with Crippen molar-refractivity contribution >= 4 is 0 Å². The summed E-state index contributed by atoms with van der Waals surface area (Å²) in [6, 6.07) is 0. The van der Waals surface area contributed by atoms with Gasteiger partial charge in [-0.2, -0.15) is 13.2 Å². The van der Waals surface area contributed by atoms with Gasteiger partial charge >= 0.3 is 6.18 Å². The van der Waals surface area contributed by atoms with E-state index in [0.29, 0.717) is 24.4 Å². The Balaban J connectivity index is 1.53. The van der Waals surface area contributed by atoms with Crippen molar-refractivity contribution in [3.05, 3.63) is 0 Å². The molecule has 1 aliphatic heterocycles. The first-order chi connectivity index (χ1) is 6.58. The molecule has 2 nitrogen and oxygen atoms in total. The molecule has 1 N–H and O–H groups in total. The van der Waals surface area contributed by atoms with Crippen LogP contribution in [0.15, 0.2) is 0 Å². The molecule has 1 unspecified atom stereocenters. The quantitative estimate of drug-likeness (QED) is 0.707. The molecule has 2 fully saturated rings. The molecule has 2 aliphatic rings. The summed E-state index contributed by atoms with van der Waals surface area (Å²) in [4.78, 5) is 0. The Labute approximate surface area is 80.8 Å². The second kappa shape index (κ2) is 3.70. The van der Waals surface area contributed by atoms with Crippen molar-refractivity contribution in [2.75, 3.05) is 26.3 Å². The maximum atomic E-state index is 11.7. The summed E-state index contributed by atoms with van der Waals surface area (Å²) in [5.41, 5.74) is 0. The van der Waals surface area contributed by atoms with Crippen molar-refractivity contribution in [3.8, 4) is 0 Å². The highest BCUT2D eigenvalue weighted by Crippen LogP contribution is 2.48. The van der Waals surface area contributed by atoms with Gasteiger partial charge in [-0.3, -0.25) is 0 Å². The molecule has 0 spiro atoms. The van der Waals surface area contributed by atoms with Gasteiger partial charge in [0.2, 0.25) is 0 Å². The SMILES string of the molecule is FC(F)(F)CCOCC1[C@H]2CNC[C@@H]12. The van der Waals surface area contributed by atoms with Crippen LogP contribution < -0.4 is 5.32 Å². The van der Waals surface area contributed by atoms with Gasteiger partial charge in [-0.05, 0) is 30.8 Å². The zero-order valence-electron chi connectivity index (χ0n) is 7.81. The zero-order chi connectivity index (χ0) is 10.2. The fraction of sp³-hybridized carbons (Fsp3) is 1.00. The van der Waals surface area contributed by atoms with Gasteiger partial charge in [0.05, 0.1) is 19.6 Å². The molecule has 82 valence electrons. The number of rotatable bonds is 4. The van der Waals surface area contributed by atoms with E-state index < -0.39 is 12.6 Å². The number of piperidine rings is 1. The molecule has 0 aromatic carbocycles. The van der Waals surface area contributed by atoms with Crippen LogP contribution in [0.3, 0.4) is 0 Å². The summed E-state index contributed by atoms with van der Waals surface area (Å²) in [5, 5.41) is 3.23. The number of nitrogens with one attached hydrogen (secondary N) is 1. The lowest BCUT2D eigenvalue weighted by molar-refractivity contribution is -0.145. The van der Waals surface area contributed by atoms with Crippen molar-refractivity contribution in [1.29, 1.82) is 0 Å². The van der Waals surface area contributed by atoms with E-state index in [2.05, 4.69) is 5.32 Å². The van der Waals surface area contributed by atoms with Crippen LogP contribution >= 0.6 is 0 Å². The number of hydrogen-bond donors (Lipinski definition) is 1. The topological polar surface area (TPSA) is 21.3 Å². The number of hydrogen-bond acceptors (Lipinski definition) is 2. The molecule has 1 aliphatic carbocycles. The lowest BCUT2D eigenvalue weighted by atomic mass is 10.3. The predicted molar refractivity (Wildman–Crippen MR) is 44.8 cm³/mol. The highest BCUT2D eigenvalue weighted by atomic mass is 19.4. The monoisotopic (exact) mass is 209 g/mol. The van der Waals surface area contributed by atoms with Gasteiger partial charge in [0, 0.05) is 0 Å². The molecular weight excluding hydrogens is 195 g/mol. The minimum absolute atomic E-state index is 0.188. The highest BCUT2D eigenvalue weighted by molar-refractivity contribution is 5.03. The van der Waals surface area contributed by atoms with E-state index in [9.17, 15) is 13.2 Å². The number of ether oxygens (including phenoxy) is 1. The minimum Gasteiger partial charge on any atom is -0.381 e. The maximum absolute atomic E-state index is 11.7. The summed E-state index contributed by atoms with van der Waals surface area (Å²) in [6.07, 6.45) is -4.91. The Morgan fingerprint density at radius 3 is 2.43 bits per heavy atom. The van der Waals surface area contributed by atoms with E-state index in [-0.39, 0.29) is 6.61 Å². The van der Waals surface area contributed by atoms with Crippen LogP contribution in [0.1, 0.15) is 6.42 Å². The van der Waals surface area contributed by atoms with E-state index in [1.165, 1.54) is 0 Å². The summed E-state index contributed by atoms with van der Waals surface area (Å²) in [6.45, 7) is 2.34. The van der Waals surface area contributed by atoms with Crippen molar-refractivity contribution in [2.24, 2.45) is 17.8 Å². The Kier molecular flexibility index (Phi) is 2.70. The Hall–Kier alpha value is -0.290. The van der Waals surface area contributed by atoms with Crippen molar-refractivity contribution < 1.29 is 17.9 Å². The third-order valence-electron chi connectivity index (χ3n) is 3.11. The van der Waals surface area contributed by atoms with Crippen LogP contribution in [0.5, 0.6) is 0 Å². The first kappa shape index (κ1) is 10.2. The van der Waals surface area contributed by atoms with Gasteiger partial charge in [0.25, 0.3) is 0 Å². The van der Waals surface area contributed by atoms with Gasteiger partial charge in [-0.25, -0.2) is 0 Å². The fourth-order valence-corrected chi connectivity index (χ4v) is 2.20. The molecule has 0 amide bonds. The average Bonchev–Trinajstić information content (AvgIpc) is 2.56. The van der Waals surface area contributed by atoms with E-state index in [1.54, 1.807) is 0 Å². The van der Waals surface area contributed by atoms with Gasteiger partial charge in [-0.1, -0.05) is 0 Å². The first-order valence-electron chi connectivity index (χ1n) is 4.93. The first-order valence-corrected chi connectivity index (χ1v) is 4.93. The van der Waals surface area contributed by atoms with Crippen LogP contribution in [0.4, 0.5) is 13.2 Å². The van der Waals surface area contributed by atoms with Crippen molar-refractivity contribution in [2.45, 2.75) is 12.6 Å². The Morgan fingerprint density at radius 1 is 1.21 bits per heavy atom. The highest BCUT2D eigenvalue weighted by Gasteiger charge is 2.52. The molecule has 2 rings (SSSR count). The molecule has 14 heavy (non-hydrogen) atoms. The molecule has 1 heterocycles. The molecule has 0 radical (unpaired) electrons. The number of halogens is 3. The molecule has 5 heteroatoms. The lowest BCUT2D eigenvalue weighted by Gasteiger charge is -2.08. The van der Waals surface area contributed by atoms with Crippen molar-refractivity contribution in [1.82, 2.24) is 5.32 Å². The van der Waals surface area contributed by atoms with Crippen LogP contribution in [0, 0.1) is 17.8 Å². The summed E-state index contributed by atoms with van der Waals surface area (Å²) >= 11 is 0. The van der Waals surface area contributed by atoms with Gasteiger partial charge in [0.1, 0.15) is 0 Å². The average molecular weight is 209 g/mol. The van der Waals surface area contributed by atoms with E-state index >= 15 is 0 Å².